The molecule has 6 heteroatoms. The van der Waals surface area contributed by atoms with Gasteiger partial charge in [0.15, 0.2) is 0 Å². The van der Waals surface area contributed by atoms with Gasteiger partial charge >= 0.3 is 5.97 Å². The van der Waals surface area contributed by atoms with Gasteiger partial charge in [0.1, 0.15) is 0 Å². The summed E-state index contributed by atoms with van der Waals surface area (Å²) < 4.78 is 1.66. The molecule has 0 saturated heterocycles. The van der Waals surface area contributed by atoms with Crippen molar-refractivity contribution in [3.05, 3.63) is 12.4 Å². The van der Waals surface area contributed by atoms with Gasteiger partial charge < -0.3 is 9.67 Å². The Labute approximate surface area is 85.9 Å². The maximum Gasteiger partial charge on any atom is 0.307 e. The Kier molecular flexibility index (Phi) is 2.18. The summed E-state index contributed by atoms with van der Waals surface area (Å²) in [5.74, 6) is -1.66. The largest absolute Gasteiger partial charge is 0.481 e. The molecule has 1 aromatic rings. The van der Waals surface area contributed by atoms with Crippen LogP contribution in [0.1, 0.15) is 6.42 Å². The van der Waals surface area contributed by atoms with E-state index in [2.05, 4.69) is 10.3 Å². The van der Waals surface area contributed by atoms with Gasteiger partial charge in [-0.2, -0.15) is 0 Å². The molecule has 1 saturated carbocycles. The smallest absolute Gasteiger partial charge is 0.307 e. The quantitative estimate of drug-likeness (QED) is 0.738. The zero-order chi connectivity index (χ0) is 11.0. The minimum atomic E-state index is -0.907. The summed E-state index contributed by atoms with van der Waals surface area (Å²) in [5, 5.41) is 11.2. The van der Waals surface area contributed by atoms with E-state index in [4.69, 9.17) is 5.11 Å². The van der Waals surface area contributed by atoms with E-state index in [-0.39, 0.29) is 5.91 Å². The minimum absolute atomic E-state index is 0.267. The van der Waals surface area contributed by atoms with Crippen molar-refractivity contribution < 1.29 is 14.7 Å². The maximum absolute atomic E-state index is 11.5. The standard InChI is InChI=1S/C9H11N3O3/c1-12-3-2-10-9(12)11-7(13)5-4-6(5)8(14)15/h2-3,5-6H,4H2,1H3,(H,14,15)(H,10,11,13)/t5-,6-/m1/s1. The van der Waals surface area contributed by atoms with Crippen molar-refractivity contribution >= 4 is 17.8 Å². The van der Waals surface area contributed by atoms with Crippen molar-refractivity contribution in [3.63, 3.8) is 0 Å². The van der Waals surface area contributed by atoms with Gasteiger partial charge in [-0.15, -0.1) is 0 Å². The number of hydrogen-bond acceptors (Lipinski definition) is 3. The van der Waals surface area contributed by atoms with E-state index in [0.29, 0.717) is 12.4 Å². The molecule has 0 spiro atoms. The summed E-state index contributed by atoms with van der Waals surface area (Å²) in [5.41, 5.74) is 0. The summed E-state index contributed by atoms with van der Waals surface area (Å²) in [4.78, 5) is 26.0. The van der Waals surface area contributed by atoms with Gasteiger partial charge in [0.2, 0.25) is 11.9 Å². The van der Waals surface area contributed by atoms with Crippen LogP contribution in [0.5, 0.6) is 0 Å². The van der Waals surface area contributed by atoms with E-state index >= 15 is 0 Å². The van der Waals surface area contributed by atoms with Crippen LogP contribution in [0.3, 0.4) is 0 Å². The number of carboxylic acids is 1. The first-order valence-electron chi connectivity index (χ1n) is 4.60. The molecule has 80 valence electrons. The van der Waals surface area contributed by atoms with Gasteiger partial charge in [-0.25, -0.2) is 4.98 Å². The van der Waals surface area contributed by atoms with Gasteiger partial charge in [-0.05, 0) is 6.42 Å². The van der Waals surface area contributed by atoms with Crippen LogP contribution in [0.15, 0.2) is 12.4 Å². The predicted molar refractivity (Wildman–Crippen MR) is 51.1 cm³/mol. The number of carbonyl (C=O) groups excluding carboxylic acids is 1. The van der Waals surface area contributed by atoms with Crippen LogP contribution in [0, 0.1) is 11.8 Å². The molecule has 2 rings (SSSR count). The Morgan fingerprint density at radius 1 is 1.60 bits per heavy atom. The Balaban J connectivity index is 1.95. The molecule has 0 aromatic carbocycles. The third kappa shape index (κ3) is 1.83. The number of imidazole rings is 1. The van der Waals surface area contributed by atoms with Crippen LogP contribution < -0.4 is 5.32 Å². The lowest BCUT2D eigenvalue weighted by atomic mass is 10.3. The highest BCUT2D eigenvalue weighted by atomic mass is 16.4. The number of amides is 1. The second-order valence-electron chi connectivity index (χ2n) is 3.64. The maximum atomic E-state index is 11.5. The van der Waals surface area contributed by atoms with E-state index in [9.17, 15) is 9.59 Å². The van der Waals surface area contributed by atoms with Crippen LogP contribution in [0.4, 0.5) is 5.95 Å². The predicted octanol–water partition coefficient (Wildman–Crippen LogP) is 0.0793. The molecular formula is C9H11N3O3. The molecule has 1 fully saturated rings. The van der Waals surface area contributed by atoms with E-state index in [1.54, 1.807) is 24.0 Å². The van der Waals surface area contributed by atoms with Crippen molar-refractivity contribution in [3.8, 4) is 0 Å². The molecular weight excluding hydrogens is 198 g/mol. The lowest BCUT2D eigenvalue weighted by Gasteiger charge is -2.03. The van der Waals surface area contributed by atoms with Gasteiger partial charge in [-0.3, -0.25) is 14.9 Å². The molecule has 6 nitrogen and oxygen atoms in total. The first-order valence-corrected chi connectivity index (χ1v) is 4.60. The lowest BCUT2D eigenvalue weighted by Crippen LogP contribution is -2.18. The SMILES string of the molecule is Cn1ccnc1NC(=O)[C@@H]1C[C@H]1C(=O)O. The van der Waals surface area contributed by atoms with Crippen LogP contribution in [-0.4, -0.2) is 26.5 Å². The Morgan fingerprint density at radius 3 is 2.80 bits per heavy atom. The number of carbonyl (C=O) groups is 2. The van der Waals surface area contributed by atoms with E-state index in [1.807, 2.05) is 0 Å². The van der Waals surface area contributed by atoms with Crippen molar-refractivity contribution in [1.29, 1.82) is 0 Å². The second-order valence-corrected chi connectivity index (χ2v) is 3.64. The van der Waals surface area contributed by atoms with Gasteiger partial charge in [0.05, 0.1) is 11.8 Å². The van der Waals surface area contributed by atoms with Crippen molar-refractivity contribution in [2.24, 2.45) is 18.9 Å². The molecule has 0 aliphatic heterocycles. The summed E-state index contributed by atoms with van der Waals surface area (Å²) in [6, 6.07) is 0. The van der Waals surface area contributed by atoms with Crippen molar-refractivity contribution in [2.75, 3.05) is 5.32 Å². The number of aryl methyl sites for hydroxylation is 1. The molecule has 1 aliphatic carbocycles. The van der Waals surface area contributed by atoms with Crippen molar-refractivity contribution in [1.82, 2.24) is 9.55 Å². The average Bonchev–Trinajstić information content (AvgIpc) is 2.88. The number of aliphatic carboxylic acids is 1. The summed E-state index contributed by atoms with van der Waals surface area (Å²) in [6.45, 7) is 0. The molecule has 0 radical (unpaired) electrons. The summed E-state index contributed by atoms with van der Waals surface area (Å²) in [6.07, 6.45) is 3.69. The van der Waals surface area contributed by atoms with Gasteiger partial charge in [0.25, 0.3) is 0 Å². The van der Waals surface area contributed by atoms with Gasteiger partial charge in [0, 0.05) is 19.4 Å². The highest BCUT2D eigenvalue weighted by molar-refractivity contribution is 5.97. The highest BCUT2D eigenvalue weighted by Crippen LogP contribution is 2.39. The molecule has 1 amide bonds. The zero-order valence-electron chi connectivity index (χ0n) is 8.17. The fourth-order valence-corrected chi connectivity index (χ4v) is 1.45. The topological polar surface area (TPSA) is 84.2 Å². The van der Waals surface area contributed by atoms with Crippen LogP contribution >= 0.6 is 0 Å². The molecule has 0 bridgehead atoms. The zero-order valence-corrected chi connectivity index (χ0v) is 8.17. The fourth-order valence-electron chi connectivity index (χ4n) is 1.45. The van der Waals surface area contributed by atoms with Crippen molar-refractivity contribution in [2.45, 2.75) is 6.42 Å². The van der Waals surface area contributed by atoms with E-state index in [0.717, 1.165) is 0 Å². The first-order chi connectivity index (χ1) is 7.09. The van der Waals surface area contributed by atoms with E-state index < -0.39 is 17.8 Å². The first kappa shape index (κ1) is 9.70. The molecule has 15 heavy (non-hydrogen) atoms. The molecule has 2 N–H and O–H groups in total. The van der Waals surface area contributed by atoms with Crippen LogP contribution in [-0.2, 0) is 16.6 Å². The Morgan fingerprint density at radius 2 is 2.33 bits per heavy atom. The Bertz CT molecular complexity index is 412. The molecule has 1 aliphatic rings. The normalized spacial score (nSPS) is 23.5. The number of nitrogens with one attached hydrogen (secondary N) is 1. The average molecular weight is 209 g/mol. The molecule has 1 aromatic heterocycles. The number of carboxylic acid groups (broad SMARTS) is 1. The third-order valence-electron chi connectivity index (χ3n) is 2.50. The third-order valence-corrected chi connectivity index (χ3v) is 2.50. The minimum Gasteiger partial charge on any atom is -0.481 e. The number of rotatable bonds is 3. The summed E-state index contributed by atoms with van der Waals surface area (Å²) in [7, 11) is 1.75. The number of aromatic nitrogens is 2. The van der Waals surface area contributed by atoms with Crippen LogP contribution in [0.25, 0.3) is 0 Å². The highest BCUT2D eigenvalue weighted by Gasteiger charge is 2.48. The van der Waals surface area contributed by atoms with Crippen LogP contribution in [0.2, 0.25) is 0 Å². The number of anilines is 1. The molecule has 0 unspecified atom stereocenters. The van der Waals surface area contributed by atoms with Gasteiger partial charge in [-0.1, -0.05) is 0 Å². The summed E-state index contributed by atoms with van der Waals surface area (Å²) >= 11 is 0. The lowest BCUT2D eigenvalue weighted by molar-refractivity contribution is -0.139. The number of nitrogens with zero attached hydrogens (tertiary/aromatic N) is 2. The second kappa shape index (κ2) is 3.38. The van der Waals surface area contributed by atoms with E-state index in [1.165, 1.54) is 0 Å². The molecule has 2 atom stereocenters. The number of hydrogen-bond donors (Lipinski definition) is 2. The monoisotopic (exact) mass is 209 g/mol. The Hall–Kier alpha value is -1.85. The molecule has 1 heterocycles. The fraction of sp³-hybridized carbons (Fsp3) is 0.444.